The van der Waals surface area contributed by atoms with Gasteiger partial charge in [-0.15, -0.1) is 16.8 Å². The largest absolute Gasteiger partial charge is 0.324 e. The number of amides is 1. The molecule has 1 N–H and O–H groups in total. The smallest absolute Gasteiger partial charge is 0.237 e. The molecule has 0 saturated carbocycles. The number of aromatic nitrogens is 4. The van der Waals surface area contributed by atoms with Gasteiger partial charge in [-0.25, -0.2) is 8.42 Å². The summed E-state index contributed by atoms with van der Waals surface area (Å²) in [6.45, 7) is 6.03. The summed E-state index contributed by atoms with van der Waals surface area (Å²) in [5.74, 6) is 0.535. The van der Waals surface area contributed by atoms with Gasteiger partial charge in [0.05, 0.1) is 28.0 Å². The summed E-state index contributed by atoms with van der Waals surface area (Å²) in [6.07, 6.45) is 3.97. The van der Waals surface area contributed by atoms with E-state index in [0.717, 1.165) is 10.9 Å². The summed E-state index contributed by atoms with van der Waals surface area (Å²) < 4.78 is 25.6. The molecule has 3 heterocycles. The van der Waals surface area contributed by atoms with Crippen LogP contribution in [0.3, 0.4) is 0 Å². The number of allylic oxidation sites excluding steroid dienone is 1. The van der Waals surface area contributed by atoms with Crippen molar-refractivity contribution in [1.29, 1.82) is 0 Å². The van der Waals surface area contributed by atoms with Crippen LogP contribution in [-0.4, -0.2) is 50.8 Å². The van der Waals surface area contributed by atoms with E-state index >= 15 is 0 Å². The highest BCUT2D eigenvalue weighted by Gasteiger charge is 2.33. The molecular weight excluding hydrogens is 434 g/mol. The van der Waals surface area contributed by atoms with Gasteiger partial charge in [0.25, 0.3) is 0 Å². The van der Waals surface area contributed by atoms with Gasteiger partial charge in [0, 0.05) is 24.0 Å². The lowest BCUT2D eigenvalue weighted by molar-refractivity contribution is -0.115. The number of rotatable bonds is 7. The van der Waals surface area contributed by atoms with Gasteiger partial charge in [0.2, 0.25) is 5.91 Å². The first-order valence-electron chi connectivity index (χ1n) is 9.93. The van der Waals surface area contributed by atoms with Gasteiger partial charge in [-0.1, -0.05) is 23.9 Å². The van der Waals surface area contributed by atoms with Gasteiger partial charge in [-0.2, -0.15) is 0 Å². The molecule has 2 aromatic heterocycles. The number of hydrogen-bond acceptors (Lipinski definition) is 7. The molecule has 0 bridgehead atoms. The normalized spacial score (nSPS) is 18.7. The lowest BCUT2D eigenvalue weighted by atomic mass is 10.1. The van der Waals surface area contributed by atoms with Gasteiger partial charge < -0.3 is 9.88 Å². The minimum atomic E-state index is -3.04. The number of pyridine rings is 1. The Labute approximate surface area is 185 Å². The first-order chi connectivity index (χ1) is 14.9. The highest BCUT2D eigenvalue weighted by Crippen LogP contribution is 2.32. The maximum Gasteiger partial charge on any atom is 0.237 e. The zero-order chi connectivity index (χ0) is 22.0. The predicted molar refractivity (Wildman–Crippen MR) is 122 cm³/mol. The Kier molecular flexibility index (Phi) is 6.10. The molecule has 1 aliphatic heterocycles. The number of hydrogen-bond donors (Lipinski definition) is 1. The first-order valence-corrected chi connectivity index (χ1v) is 12.6. The number of anilines is 1. The molecule has 1 amide bonds. The molecule has 162 valence electrons. The van der Waals surface area contributed by atoms with Crippen LogP contribution in [0.25, 0.3) is 10.9 Å². The van der Waals surface area contributed by atoms with Crippen molar-refractivity contribution in [2.45, 2.75) is 36.2 Å². The Balaban J connectivity index is 1.52. The van der Waals surface area contributed by atoms with Crippen molar-refractivity contribution in [3.63, 3.8) is 0 Å². The van der Waals surface area contributed by atoms with Crippen molar-refractivity contribution in [3.8, 4) is 0 Å². The summed E-state index contributed by atoms with van der Waals surface area (Å²) in [5, 5.41) is 12.5. The molecule has 1 saturated heterocycles. The zero-order valence-electron chi connectivity index (χ0n) is 17.1. The second-order valence-corrected chi connectivity index (χ2v) is 11.0. The number of carbonyl (C=O) groups is 1. The zero-order valence-corrected chi connectivity index (χ0v) is 18.7. The third-order valence-electron chi connectivity index (χ3n) is 5.21. The third kappa shape index (κ3) is 4.64. The van der Waals surface area contributed by atoms with Crippen LogP contribution in [0.15, 0.2) is 54.3 Å². The summed E-state index contributed by atoms with van der Waals surface area (Å²) >= 11 is 1.29. The molecule has 0 spiro atoms. The average Bonchev–Trinajstić information content (AvgIpc) is 3.31. The molecule has 2 atom stereocenters. The number of fused-ring (bicyclic) bond motifs is 1. The second kappa shape index (κ2) is 8.80. The molecule has 0 radical (unpaired) electrons. The van der Waals surface area contributed by atoms with Gasteiger partial charge >= 0.3 is 0 Å². The maximum atomic E-state index is 12.9. The van der Waals surface area contributed by atoms with E-state index in [2.05, 4.69) is 27.1 Å². The Bertz CT molecular complexity index is 1230. The fourth-order valence-corrected chi connectivity index (χ4v) is 6.25. The molecule has 1 aromatic carbocycles. The number of carbonyl (C=O) groups excluding carboxylic acids is 1. The van der Waals surface area contributed by atoms with E-state index < -0.39 is 15.1 Å². The molecule has 1 fully saturated rings. The summed E-state index contributed by atoms with van der Waals surface area (Å²) in [4.78, 5) is 17.2. The molecule has 2 unspecified atom stereocenters. The maximum absolute atomic E-state index is 12.9. The van der Waals surface area contributed by atoms with Gasteiger partial charge in [-0.05, 0) is 37.6 Å². The van der Waals surface area contributed by atoms with Crippen LogP contribution in [0.1, 0.15) is 25.1 Å². The van der Waals surface area contributed by atoms with Crippen molar-refractivity contribution < 1.29 is 13.2 Å². The van der Waals surface area contributed by atoms with Crippen molar-refractivity contribution in [2.75, 3.05) is 16.8 Å². The molecule has 8 nitrogen and oxygen atoms in total. The summed E-state index contributed by atoms with van der Waals surface area (Å²) in [7, 11) is -3.04. The molecule has 3 aromatic rings. The van der Waals surface area contributed by atoms with Crippen molar-refractivity contribution in [2.24, 2.45) is 0 Å². The van der Waals surface area contributed by atoms with E-state index in [1.165, 1.54) is 11.8 Å². The number of benzene rings is 1. The lowest BCUT2D eigenvalue weighted by Crippen LogP contribution is -2.23. The topological polar surface area (TPSA) is 107 Å². The van der Waals surface area contributed by atoms with E-state index in [0.29, 0.717) is 29.6 Å². The lowest BCUT2D eigenvalue weighted by Gasteiger charge is -2.15. The van der Waals surface area contributed by atoms with Crippen molar-refractivity contribution in [3.05, 3.63) is 55.0 Å². The van der Waals surface area contributed by atoms with Gasteiger partial charge in [0.1, 0.15) is 5.82 Å². The van der Waals surface area contributed by atoms with Crippen LogP contribution >= 0.6 is 11.8 Å². The molecule has 4 rings (SSSR count). The Hall–Kier alpha value is -2.72. The number of sulfone groups is 1. The van der Waals surface area contributed by atoms with Crippen LogP contribution in [0, 0.1) is 0 Å². The first kappa shape index (κ1) is 21.5. The van der Waals surface area contributed by atoms with Crippen molar-refractivity contribution in [1.82, 2.24) is 19.7 Å². The van der Waals surface area contributed by atoms with Gasteiger partial charge in [-0.3, -0.25) is 9.78 Å². The monoisotopic (exact) mass is 457 g/mol. The standard InChI is InChI=1S/C21H23N5O3S2/c1-3-11-26-19(15-9-12-31(28,29)13-15)24-25-21(26)30-14(2)20(27)23-18-8-4-7-17-16(18)6-5-10-22-17/h3-8,10,14-15H,1,9,11-13H2,2H3,(H,23,27). The highest BCUT2D eigenvalue weighted by molar-refractivity contribution is 8.00. The van der Waals surface area contributed by atoms with E-state index in [1.807, 2.05) is 34.9 Å². The Morgan fingerprint density at radius 3 is 2.94 bits per heavy atom. The fraction of sp³-hybridized carbons (Fsp3) is 0.333. The minimum Gasteiger partial charge on any atom is -0.324 e. The molecule has 0 aliphatic carbocycles. The average molecular weight is 458 g/mol. The summed E-state index contributed by atoms with van der Waals surface area (Å²) in [6, 6.07) is 9.34. The second-order valence-electron chi connectivity index (χ2n) is 7.47. The van der Waals surface area contributed by atoms with Gasteiger partial charge in [0.15, 0.2) is 15.0 Å². The van der Waals surface area contributed by atoms with E-state index in [-0.39, 0.29) is 23.3 Å². The molecular formula is C21H23N5O3S2. The van der Waals surface area contributed by atoms with Crippen LogP contribution in [-0.2, 0) is 21.2 Å². The van der Waals surface area contributed by atoms with Crippen LogP contribution in [0.4, 0.5) is 5.69 Å². The number of nitrogens with zero attached hydrogens (tertiary/aromatic N) is 4. The number of nitrogens with one attached hydrogen (secondary N) is 1. The fourth-order valence-electron chi connectivity index (χ4n) is 3.65. The molecule has 31 heavy (non-hydrogen) atoms. The Morgan fingerprint density at radius 1 is 1.35 bits per heavy atom. The quantitative estimate of drug-likeness (QED) is 0.429. The minimum absolute atomic E-state index is 0.0814. The SMILES string of the molecule is C=CCn1c(SC(C)C(=O)Nc2cccc3ncccc23)nnc1C1CCS(=O)(=O)C1. The molecule has 1 aliphatic rings. The van der Waals surface area contributed by atoms with Crippen LogP contribution in [0.5, 0.6) is 0 Å². The predicted octanol–water partition coefficient (Wildman–Crippen LogP) is 3.03. The van der Waals surface area contributed by atoms with E-state index in [4.69, 9.17) is 0 Å². The third-order valence-corrected chi connectivity index (χ3v) is 8.06. The van der Waals surface area contributed by atoms with Crippen LogP contribution < -0.4 is 5.32 Å². The highest BCUT2D eigenvalue weighted by atomic mass is 32.2. The van der Waals surface area contributed by atoms with E-state index in [1.54, 1.807) is 19.2 Å². The Morgan fingerprint density at radius 2 is 2.19 bits per heavy atom. The van der Waals surface area contributed by atoms with Crippen LogP contribution in [0.2, 0.25) is 0 Å². The number of thioether (sulfide) groups is 1. The molecule has 10 heteroatoms. The summed E-state index contributed by atoms with van der Waals surface area (Å²) in [5.41, 5.74) is 1.51. The van der Waals surface area contributed by atoms with E-state index in [9.17, 15) is 13.2 Å². The van der Waals surface area contributed by atoms with Crippen molar-refractivity contribution >= 4 is 44.1 Å².